The fourth-order valence-corrected chi connectivity index (χ4v) is 3.12. The summed E-state index contributed by atoms with van der Waals surface area (Å²) in [5, 5.41) is 7.66. The van der Waals surface area contributed by atoms with Gasteiger partial charge in [0.15, 0.2) is 0 Å². The van der Waals surface area contributed by atoms with Gasteiger partial charge in [0.2, 0.25) is 0 Å². The molecule has 0 bridgehead atoms. The Labute approximate surface area is 167 Å². The van der Waals surface area contributed by atoms with Crippen molar-refractivity contribution in [3.63, 3.8) is 0 Å². The predicted octanol–water partition coefficient (Wildman–Crippen LogP) is 4.26. The van der Waals surface area contributed by atoms with E-state index in [9.17, 15) is 18.0 Å². The van der Waals surface area contributed by atoms with Crippen molar-refractivity contribution >= 4 is 17.5 Å². The van der Waals surface area contributed by atoms with Gasteiger partial charge in [-0.2, -0.15) is 18.3 Å². The average Bonchev–Trinajstić information content (AvgIpc) is 3.02. The monoisotopic (exact) mass is 416 g/mol. The molecule has 0 spiro atoms. The summed E-state index contributed by atoms with van der Waals surface area (Å²) in [6.07, 6.45) is -2.31. The van der Waals surface area contributed by atoms with Crippen LogP contribution in [0.1, 0.15) is 42.2 Å². The first kappa shape index (κ1) is 22.2. The Kier molecular flexibility index (Phi) is 7.48. The summed E-state index contributed by atoms with van der Waals surface area (Å²) in [6.45, 7) is 3.46. The summed E-state index contributed by atoms with van der Waals surface area (Å²) in [5.74, 6) is -0.268. The molecule has 0 atom stereocenters. The van der Waals surface area contributed by atoms with Crippen LogP contribution in [0.5, 0.6) is 0 Å². The lowest BCUT2D eigenvalue weighted by atomic mass is 10.0. The number of carbonyl (C=O) groups excluding carboxylic acids is 1. The first-order valence-electron chi connectivity index (χ1n) is 8.96. The largest absolute Gasteiger partial charge is 0.401 e. The third-order valence-electron chi connectivity index (χ3n) is 4.10. The molecule has 0 radical (unpaired) electrons. The molecular formula is C19H24ClF3N4O. The summed E-state index contributed by atoms with van der Waals surface area (Å²) in [7, 11) is 1.40. The Balaban J connectivity index is 2.02. The Bertz CT molecular complexity index is 805. The summed E-state index contributed by atoms with van der Waals surface area (Å²) < 4.78 is 38.7. The third-order valence-corrected chi connectivity index (χ3v) is 4.34. The Morgan fingerprint density at radius 3 is 2.68 bits per heavy atom. The summed E-state index contributed by atoms with van der Waals surface area (Å²) in [6, 6.07) is 7.18. The number of benzene rings is 1. The van der Waals surface area contributed by atoms with E-state index in [4.69, 9.17) is 11.6 Å². The van der Waals surface area contributed by atoms with Crippen LogP contribution in [0, 0.1) is 0 Å². The van der Waals surface area contributed by atoms with Gasteiger partial charge in [-0.25, -0.2) is 4.68 Å². The molecule has 1 N–H and O–H groups in total. The van der Waals surface area contributed by atoms with Gasteiger partial charge >= 0.3 is 6.18 Å². The SMILES string of the molecule is CC(C)c1c(C(=O)NCCCN(C)CC(F)(F)F)cnn1-c1cccc(Cl)c1. The van der Waals surface area contributed by atoms with Crippen molar-refractivity contribution in [1.82, 2.24) is 20.0 Å². The third kappa shape index (κ3) is 6.24. The van der Waals surface area contributed by atoms with Gasteiger partial charge in [-0.1, -0.05) is 31.5 Å². The van der Waals surface area contributed by atoms with Crippen LogP contribution < -0.4 is 5.32 Å². The molecule has 2 aromatic rings. The van der Waals surface area contributed by atoms with Gasteiger partial charge in [-0.3, -0.25) is 9.69 Å². The van der Waals surface area contributed by atoms with E-state index in [1.165, 1.54) is 18.1 Å². The number of rotatable bonds is 8. The second-order valence-electron chi connectivity index (χ2n) is 6.95. The lowest BCUT2D eigenvalue weighted by Crippen LogP contribution is -2.34. The van der Waals surface area contributed by atoms with E-state index < -0.39 is 12.7 Å². The van der Waals surface area contributed by atoms with Crippen LogP contribution in [0.15, 0.2) is 30.5 Å². The van der Waals surface area contributed by atoms with Crippen molar-refractivity contribution in [3.05, 3.63) is 46.7 Å². The highest BCUT2D eigenvalue weighted by Crippen LogP contribution is 2.24. The van der Waals surface area contributed by atoms with E-state index in [0.29, 0.717) is 17.0 Å². The van der Waals surface area contributed by atoms with E-state index in [1.54, 1.807) is 22.9 Å². The fourth-order valence-electron chi connectivity index (χ4n) is 2.93. The zero-order valence-electron chi connectivity index (χ0n) is 16.1. The lowest BCUT2D eigenvalue weighted by Gasteiger charge is -2.18. The molecule has 5 nitrogen and oxygen atoms in total. The Morgan fingerprint density at radius 2 is 2.07 bits per heavy atom. The number of nitrogens with zero attached hydrogens (tertiary/aromatic N) is 3. The molecule has 1 amide bonds. The fraction of sp³-hybridized carbons (Fsp3) is 0.474. The minimum atomic E-state index is -4.22. The van der Waals surface area contributed by atoms with Gasteiger partial charge in [-0.15, -0.1) is 0 Å². The lowest BCUT2D eigenvalue weighted by molar-refractivity contribution is -0.143. The quantitative estimate of drug-likeness (QED) is 0.654. The maximum Gasteiger partial charge on any atom is 0.401 e. The molecule has 9 heteroatoms. The average molecular weight is 417 g/mol. The van der Waals surface area contributed by atoms with Crippen molar-refractivity contribution in [2.75, 3.05) is 26.7 Å². The van der Waals surface area contributed by atoms with Gasteiger partial charge in [0.05, 0.1) is 29.7 Å². The summed E-state index contributed by atoms with van der Waals surface area (Å²) >= 11 is 6.05. The van der Waals surface area contributed by atoms with Gasteiger partial charge < -0.3 is 5.32 Å². The number of nitrogens with one attached hydrogen (secondary N) is 1. The second kappa shape index (κ2) is 9.43. The molecule has 0 aliphatic carbocycles. The van der Waals surface area contributed by atoms with E-state index in [0.717, 1.165) is 11.4 Å². The van der Waals surface area contributed by atoms with Crippen LogP contribution in [0.2, 0.25) is 5.02 Å². The number of alkyl halides is 3. The first-order chi connectivity index (χ1) is 13.1. The van der Waals surface area contributed by atoms with Crippen molar-refractivity contribution < 1.29 is 18.0 Å². The molecule has 1 aromatic heterocycles. The smallest absolute Gasteiger partial charge is 0.352 e. The summed E-state index contributed by atoms with van der Waals surface area (Å²) in [4.78, 5) is 13.8. The minimum absolute atomic E-state index is 0.0279. The van der Waals surface area contributed by atoms with Gasteiger partial charge in [-0.05, 0) is 44.1 Å². The number of aromatic nitrogens is 2. The van der Waals surface area contributed by atoms with Crippen molar-refractivity contribution in [2.24, 2.45) is 0 Å². The maximum absolute atomic E-state index is 12.6. The van der Waals surface area contributed by atoms with Gasteiger partial charge in [0, 0.05) is 11.6 Å². The number of amides is 1. The van der Waals surface area contributed by atoms with Crippen molar-refractivity contribution in [3.8, 4) is 5.69 Å². The second-order valence-corrected chi connectivity index (χ2v) is 7.39. The predicted molar refractivity (Wildman–Crippen MR) is 103 cm³/mol. The molecule has 28 heavy (non-hydrogen) atoms. The normalized spacial score (nSPS) is 12.0. The van der Waals surface area contributed by atoms with E-state index in [2.05, 4.69) is 10.4 Å². The molecule has 0 unspecified atom stereocenters. The topological polar surface area (TPSA) is 50.2 Å². The van der Waals surface area contributed by atoms with Gasteiger partial charge in [0.25, 0.3) is 5.91 Å². The number of hydrogen-bond acceptors (Lipinski definition) is 3. The molecular weight excluding hydrogens is 393 g/mol. The molecule has 0 saturated heterocycles. The Hall–Kier alpha value is -2.06. The first-order valence-corrected chi connectivity index (χ1v) is 9.33. The molecule has 1 heterocycles. The molecule has 0 aliphatic rings. The van der Waals surface area contributed by atoms with Crippen LogP contribution in [0.3, 0.4) is 0 Å². The molecule has 0 fully saturated rings. The molecule has 154 valence electrons. The highest BCUT2D eigenvalue weighted by Gasteiger charge is 2.28. The minimum Gasteiger partial charge on any atom is -0.352 e. The van der Waals surface area contributed by atoms with Crippen molar-refractivity contribution in [2.45, 2.75) is 32.4 Å². The van der Waals surface area contributed by atoms with E-state index in [1.807, 2.05) is 19.9 Å². The highest BCUT2D eigenvalue weighted by molar-refractivity contribution is 6.30. The Morgan fingerprint density at radius 1 is 1.36 bits per heavy atom. The summed E-state index contributed by atoms with van der Waals surface area (Å²) in [5.41, 5.74) is 1.94. The van der Waals surface area contributed by atoms with Crippen LogP contribution >= 0.6 is 11.6 Å². The standard InChI is InChI=1S/C19H24ClF3N4O/c1-13(2)17-16(11-25-27(17)15-7-4-6-14(20)10-15)18(28)24-8-5-9-26(3)12-19(21,22)23/h4,6-7,10-11,13H,5,8-9,12H2,1-3H3,(H,24,28). The highest BCUT2D eigenvalue weighted by atomic mass is 35.5. The number of halogens is 4. The zero-order chi connectivity index (χ0) is 20.9. The van der Waals surface area contributed by atoms with Crippen LogP contribution in [0.25, 0.3) is 5.69 Å². The van der Waals surface area contributed by atoms with Crippen LogP contribution in [-0.4, -0.2) is 53.4 Å². The van der Waals surface area contributed by atoms with Crippen molar-refractivity contribution in [1.29, 1.82) is 0 Å². The number of carbonyl (C=O) groups is 1. The van der Waals surface area contributed by atoms with E-state index in [-0.39, 0.29) is 24.9 Å². The number of hydrogen-bond donors (Lipinski definition) is 1. The molecule has 0 saturated carbocycles. The molecule has 0 aliphatic heterocycles. The zero-order valence-corrected chi connectivity index (χ0v) is 16.8. The maximum atomic E-state index is 12.6. The van der Waals surface area contributed by atoms with E-state index >= 15 is 0 Å². The molecule has 1 aromatic carbocycles. The van der Waals surface area contributed by atoms with Crippen LogP contribution in [-0.2, 0) is 0 Å². The van der Waals surface area contributed by atoms with Crippen LogP contribution in [0.4, 0.5) is 13.2 Å². The van der Waals surface area contributed by atoms with Gasteiger partial charge in [0.1, 0.15) is 0 Å². The molecule has 2 rings (SSSR count).